The van der Waals surface area contributed by atoms with Crippen LogP contribution < -0.4 is 5.32 Å². The normalized spacial score (nSPS) is 23.2. The first-order chi connectivity index (χ1) is 7.28. The SMILES string of the molecule is CNC1CCCN(Cc2cc(C)no2)C1. The zero-order valence-corrected chi connectivity index (χ0v) is 9.49. The molecule has 1 aliphatic heterocycles. The Morgan fingerprint density at radius 1 is 1.67 bits per heavy atom. The van der Waals surface area contributed by atoms with Crippen molar-refractivity contribution < 1.29 is 4.52 Å². The highest BCUT2D eigenvalue weighted by Gasteiger charge is 2.19. The first-order valence-corrected chi connectivity index (χ1v) is 5.60. The Bertz CT molecular complexity index is 311. The molecule has 0 aromatic carbocycles. The molecule has 2 heterocycles. The third kappa shape index (κ3) is 2.79. The molecule has 4 nitrogen and oxygen atoms in total. The van der Waals surface area contributed by atoms with Crippen LogP contribution in [0.15, 0.2) is 10.6 Å². The molecule has 0 bridgehead atoms. The lowest BCUT2D eigenvalue weighted by Crippen LogP contribution is -2.43. The number of likely N-dealkylation sites (N-methyl/N-ethyl adjacent to an activating group) is 1. The van der Waals surface area contributed by atoms with Gasteiger partial charge in [-0.05, 0) is 33.4 Å². The van der Waals surface area contributed by atoms with Crippen LogP contribution in [-0.4, -0.2) is 36.2 Å². The van der Waals surface area contributed by atoms with E-state index in [4.69, 9.17) is 4.52 Å². The monoisotopic (exact) mass is 209 g/mol. The third-order valence-electron chi connectivity index (χ3n) is 2.97. The maximum atomic E-state index is 5.22. The second kappa shape index (κ2) is 4.77. The molecule has 15 heavy (non-hydrogen) atoms. The number of aryl methyl sites for hydroxylation is 1. The fraction of sp³-hybridized carbons (Fsp3) is 0.727. The van der Waals surface area contributed by atoms with Crippen molar-refractivity contribution >= 4 is 0 Å². The average molecular weight is 209 g/mol. The van der Waals surface area contributed by atoms with E-state index in [1.165, 1.54) is 12.8 Å². The predicted molar refractivity (Wildman–Crippen MR) is 58.6 cm³/mol. The Morgan fingerprint density at radius 2 is 2.53 bits per heavy atom. The maximum Gasteiger partial charge on any atom is 0.150 e. The Kier molecular flexibility index (Phi) is 3.38. The molecule has 0 radical (unpaired) electrons. The van der Waals surface area contributed by atoms with Gasteiger partial charge in [0.15, 0.2) is 5.76 Å². The number of hydrogen-bond acceptors (Lipinski definition) is 4. The fourth-order valence-electron chi connectivity index (χ4n) is 2.15. The molecule has 1 saturated heterocycles. The molecule has 84 valence electrons. The van der Waals surface area contributed by atoms with Crippen molar-refractivity contribution in [3.63, 3.8) is 0 Å². The van der Waals surface area contributed by atoms with E-state index < -0.39 is 0 Å². The number of rotatable bonds is 3. The second-order valence-corrected chi connectivity index (χ2v) is 4.30. The summed E-state index contributed by atoms with van der Waals surface area (Å²) in [5.41, 5.74) is 0.965. The van der Waals surface area contributed by atoms with E-state index in [2.05, 4.69) is 15.4 Å². The molecule has 1 aromatic rings. The highest BCUT2D eigenvalue weighted by molar-refractivity contribution is 5.03. The quantitative estimate of drug-likeness (QED) is 0.811. The van der Waals surface area contributed by atoms with Crippen molar-refractivity contribution in [2.75, 3.05) is 20.1 Å². The molecule has 1 fully saturated rings. The van der Waals surface area contributed by atoms with Gasteiger partial charge in [0.2, 0.25) is 0 Å². The van der Waals surface area contributed by atoms with Gasteiger partial charge < -0.3 is 9.84 Å². The molecule has 0 spiro atoms. The lowest BCUT2D eigenvalue weighted by molar-refractivity contribution is 0.170. The predicted octanol–water partition coefficient (Wildman–Crippen LogP) is 1.17. The topological polar surface area (TPSA) is 41.3 Å². The van der Waals surface area contributed by atoms with E-state index in [1.54, 1.807) is 0 Å². The van der Waals surface area contributed by atoms with Gasteiger partial charge in [0.1, 0.15) is 0 Å². The molecule has 2 rings (SSSR count). The minimum Gasteiger partial charge on any atom is -0.360 e. The summed E-state index contributed by atoms with van der Waals surface area (Å²) >= 11 is 0. The number of hydrogen-bond donors (Lipinski definition) is 1. The van der Waals surface area contributed by atoms with Gasteiger partial charge in [0, 0.05) is 18.7 Å². The summed E-state index contributed by atoms with van der Waals surface area (Å²) in [5, 5.41) is 7.24. The summed E-state index contributed by atoms with van der Waals surface area (Å²) in [6, 6.07) is 2.64. The third-order valence-corrected chi connectivity index (χ3v) is 2.97. The maximum absolute atomic E-state index is 5.22. The zero-order valence-electron chi connectivity index (χ0n) is 9.49. The number of aromatic nitrogens is 1. The first-order valence-electron chi connectivity index (χ1n) is 5.60. The molecule has 0 amide bonds. The molecule has 0 saturated carbocycles. The summed E-state index contributed by atoms with van der Waals surface area (Å²) in [6.07, 6.45) is 2.54. The van der Waals surface area contributed by atoms with Crippen LogP contribution in [-0.2, 0) is 6.54 Å². The van der Waals surface area contributed by atoms with Crippen LogP contribution in [0.5, 0.6) is 0 Å². The van der Waals surface area contributed by atoms with Crippen molar-refractivity contribution in [3.05, 3.63) is 17.5 Å². The van der Waals surface area contributed by atoms with Crippen LogP contribution in [0.4, 0.5) is 0 Å². The first kappa shape index (κ1) is 10.6. The van der Waals surface area contributed by atoms with Gasteiger partial charge in [-0.15, -0.1) is 0 Å². The summed E-state index contributed by atoms with van der Waals surface area (Å²) in [4.78, 5) is 2.42. The van der Waals surface area contributed by atoms with Crippen LogP contribution in [0.2, 0.25) is 0 Å². The van der Waals surface area contributed by atoms with Crippen LogP contribution in [0.1, 0.15) is 24.3 Å². The number of likely N-dealkylation sites (tertiary alicyclic amines) is 1. The van der Waals surface area contributed by atoms with Crippen molar-refractivity contribution in [3.8, 4) is 0 Å². The van der Waals surface area contributed by atoms with Gasteiger partial charge in [0.05, 0.1) is 12.2 Å². The van der Waals surface area contributed by atoms with E-state index in [9.17, 15) is 0 Å². The van der Waals surface area contributed by atoms with E-state index in [0.29, 0.717) is 6.04 Å². The van der Waals surface area contributed by atoms with E-state index >= 15 is 0 Å². The van der Waals surface area contributed by atoms with Gasteiger partial charge in [0.25, 0.3) is 0 Å². The molecule has 1 N–H and O–H groups in total. The molecular weight excluding hydrogens is 190 g/mol. The average Bonchev–Trinajstić information content (AvgIpc) is 2.64. The summed E-state index contributed by atoms with van der Waals surface area (Å²) < 4.78 is 5.22. The van der Waals surface area contributed by atoms with Gasteiger partial charge in [-0.3, -0.25) is 4.90 Å². The summed E-state index contributed by atoms with van der Waals surface area (Å²) in [6.45, 7) is 5.12. The molecule has 1 unspecified atom stereocenters. The minimum absolute atomic E-state index is 0.628. The van der Waals surface area contributed by atoms with Gasteiger partial charge in [-0.1, -0.05) is 5.16 Å². The van der Waals surface area contributed by atoms with Crippen LogP contribution >= 0.6 is 0 Å². The van der Waals surface area contributed by atoms with Crippen molar-refractivity contribution in [2.45, 2.75) is 32.4 Å². The standard InChI is InChI=1S/C11H19N3O/c1-9-6-11(15-13-9)8-14-5-3-4-10(7-14)12-2/h6,10,12H,3-5,7-8H2,1-2H3. The lowest BCUT2D eigenvalue weighted by Gasteiger charge is -2.31. The van der Waals surface area contributed by atoms with Crippen molar-refractivity contribution in [1.29, 1.82) is 0 Å². The fourth-order valence-corrected chi connectivity index (χ4v) is 2.15. The van der Waals surface area contributed by atoms with Crippen LogP contribution in [0, 0.1) is 6.92 Å². The largest absolute Gasteiger partial charge is 0.360 e. The van der Waals surface area contributed by atoms with E-state index in [0.717, 1.165) is 31.1 Å². The molecule has 0 aliphatic carbocycles. The molecule has 1 atom stereocenters. The van der Waals surface area contributed by atoms with Crippen molar-refractivity contribution in [1.82, 2.24) is 15.4 Å². The Labute approximate surface area is 90.6 Å². The lowest BCUT2D eigenvalue weighted by atomic mass is 10.1. The smallest absolute Gasteiger partial charge is 0.150 e. The van der Waals surface area contributed by atoms with E-state index in [1.807, 2.05) is 20.0 Å². The highest BCUT2D eigenvalue weighted by atomic mass is 16.5. The van der Waals surface area contributed by atoms with Crippen LogP contribution in [0.25, 0.3) is 0 Å². The Balaban J connectivity index is 1.88. The summed E-state index contributed by atoms with van der Waals surface area (Å²) in [7, 11) is 2.03. The van der Waals surface area contributed by atoms with Gasteiger partial charge in [-0.25, -0.2) is 0 Å². The second-order valence-electron chi connectivity index (χ2n) is 4.30. The minimum atomic E-state index is 0.628. The molecule has 1 aromatic heterocycles. The number of nitrogens with zero attached hydrogens (tertiary/aromatic N) is 2. The van der Waals surface area contributed by atoms with E-state index in [-0.39, 0.29) is 0 Å². The van der Waals surface area contributed by atoms with Gasteiger partial charge in [-0.2, -0.15) is 0 Å². The molecular formula is C11H19N3O. The number of piperidine rings is 1. The summed E-state index contributed by atoms with van der Waals surface area (Å²) in [5.74, 6) is 0.976. The zero-order chi connectivity index (χ0) is 10.7. The Morgan fingerprint density at radius 3 is 3.20 bits per heavy atom. The molecule has 1 aliphatic rings. The number of nitrogens with one attached hydrogen (secondary N) is 1. The Hall–Kier alpha value is -0.870. The van der Waals surface area contributed by atoms with Crippen LogP contribution in [0.3, 0.4) is 0 Å². The van der Waals surface area contributed by atoms with Gasteiger partial charge >= 0.3 is 0 Å². The highest BCUT2D eigenvalue weighted by Crippen LogP contribution is 2.13. The van der Waals surface area contributed by atoms with Crippen molar-refractivity contribution in [2.24, 2.45) is 0 Å². The molecule has 4 heteroatoms.